The van der Waals surface area contributed by atoms with Crippen molar-refractivity contribution in [3.05, 3.63) is 42.7 Å². The lowest BCUT2D eigenvalue weighted by Crippen LogP contribution is -2.19. The number of H-pyrrole nitrogens is 1. The second-order valence-electron chi connectivity index (χ2n) is 3.18. The molecule has 76 valence electrons. The number of imidazole rings is 1. The van der Waals surface area contributed by atoms with Gasteiger partial charge in [0.2, 0.25) is 5.91 Å². The second-order valence-corrected chi connectivity index (χ2v) is 3.18. The van der Waals surface area contributed by atoms with Crippen molar-refractivity contribution in [3.8, 4) is 0 Å². The number of aromatic amines is 1. The average Bonchev–Trinajstić information content (AvgIpc) is 2.72. The van der Waals surface area contributed by atoms with Crippen LogP contribution in [0.1, 0.15) is 5.56 Å². The molecule has 1 amide bonds. The molecule has 0 saturated heterocycles. The third-order valence-electron chi connectivity index (χ3n) is 2.14. The lowest BCUT2D eigenvalue weighted by atomic mass is 10.2. The number of rotatable bonds is 3. The molecule has 0 fully saturated rings. The maximum Gasteiger partial charge on any atom is 0.243 e. The molecule has 4 heteroatoms. The summed E-state index contributed by atoms with van der Waals surface area (Å²) < 4.78 is 0. The molecule has 0 aliphatic carbocycles. The molecule has 1 aromatic carbocycles. The molecule has 2 aromatic rings. The molecule has 2 rings (SSSR count). The standard InChI is InChI=1S/C11H11N3O/c1-2-11(15)12-6-8-3-4-9-10(5-8)14-7-13-9/h2-5,7H,1,6H2,(H,12,15)(H,13,14). The van der Waals surface area contributed by atoms with Crippen LogP contribution < -0.4 is 5.32 Å². The van der Waals surface area contributed by atoms with Crippen molar-refractivity contribution in [2.45, 2.75) is 6.54 Å². The van der Waals surface area contributed by atoms with E-state index in [1.54, 1.807) is 6.33 Å². The zero-order valence-corrected chi connectivity index (χ0v) is 8.16. The van der Waals surface area contributed by atoms with E-state index < -0.39 is 0 Å². The van der Waals surface area contributed by atoms with Gasteiger partial charge < -0.3 is 10.3 Å². The Bertz CT molecular complexity index is 501. The maximum absolute atomic E-state index is 10.9. The van der Waals surface area contributed by atoms with Crippen LogP contribution in [-0.2, 0) is 11.3 Å². The highest BCUT2D eigenvalue weighted by atomic mass is 16.1. The minimum atomic E-state index is -0.167. The third kappa shape index (κ3) is 2.04. The van der Waals surface area contributed by atoms with Crippen molar-refractivity contribution in [1.82, 2.24) is 15.3 Å². The van der Waals surface area contributed by atoms with E-state index in [2.05, 4.69) is 21.9 Å². The van der Waals surface area contributed by atoms with Gasteiger partial charge >= 0.3 is 0 Å². The van der Waals surface area contributed by atoms with Crippen LogP contribution in [0.3, 0.4) is 0 Å². The van der Waals surface area contributed by atoms with Crippen LogP contribution in [0, 0.1) is 0 Å². The molecule has 15 heavy (non-hydrogen) atoms. The fourth-order valence-electron chi connectivity index (χ4n) is 1.35. The summed E-state index contributed by atoms with van der Waals surface area (Å²) in [7, 11) is 0. The molecule has 0 bridgehead atoms. The number of carbonyl (C=O) groups excluding carboxylic acids is 1. The van der Waals surface area contributed by atoms with Crippen molar-refractivity contribution in [1.29, 1.82) is 0 Å². The first-order valence-corrected chi connectivity index (χ1v) is 4.62. The maximum atomic E-state index is 10.9. The highest BCUT2D eigenvalue weighted by molar-refractivity contribution is 5.86. The van der Waals surface area contributed by atoms with Crippen molar-refractivity contribution in [2.75, 3.05) is 0 Å². The van der Waals surface area contributed by atoms with Gasteiger partial charge in [-0.2, -0.15) is 0 Å². The van der Waals surface area contributed by atoms with Gasteiger partial charge in [0, 0.05) is 6.54 Å². The quantitative estimate of drug-likeness (QED) is 0.737. The van der Waals surface area contributed by atoms with E-state index in [9.17, 15) is 4.79 Å². The Morgan fingerprint density at radius 2 is 2.47 bits per heavy atom. The third-order valence-corrected chi connectivity index (χ3v) is 2.14. The zero-order chi connectivity index (χ0) is 10.7. The molecule has 0 aliphatic heterocycles. The Kier molecular flexibility index (Phi) is 2.49. The summed E-state index contributed by atoms with van der Waals surface area (Å²) in [5, 5.41) is 2.71. The van der Waals surface area contributed by atoms with Gasteiger partial charge in [-0.3, -0.25) is 4.79 Å². The summed E-state index contributed by atoms with van der Waals surface area (Å²) in [5.74, 6) is -0.167. The predicted molar refractivity (Wildman–Crippen MR) is 58.1 cm³/mol. The van der Waals surface area contributed by atoms with E-state index in [-0.39, 0.29) is 5.91 Å². The minimum Gasteiger partial charge on any atom is -0.348 e. The monoisotopic (exact) mass is 201 g/mol. The number of benzene rings is 1. The molecule has 1 heterocycles. The lowest BCUT2D eigenvalue weighted by Gasteiger charge is -2.01. The summed E-state index contributed by atoms with van der Waals surface area (Å²) in [6.45, 7) is 3.89. The molecular formula is C11H11N3O. The van der Waals surface area contributed by atoms with Gasteiger partial charge in [-0.05, 0) is 23.8 Å². The van der Waals surface area contributed by atoms with E-state index in [1.807, 2.05) is 18.2 Å². The number of carbonyl (C=O) groups is 1. The number of nitrogens with zero attached hydrogens (tertiary/aromatic N) is 1. The van der Waals surface area contributed by atoms with Crippen molar-refractivity contribution >= 4 is 16.9 Å². The fraction of sp³-hybridized carbons (Fsp3) is 0.0909. The van der Waals surface area contributed by atoms with Crippen LogP contribution in [0.15, 0.2) is 37.2 Å². The normalized spacial score (nSPS) is 10.1. The number of nitrogens with one attached hydrogen (secondary N) is 2. The van der Waals surface area contributed by atoms with Crippen molar-refractivity contribution in [3.63, 3.8) is 0 Å². The summed E-state index contributed by atoms with van der Waals surface area (Å²) in [6.07, 6.45) is 2.91. The minimum absolute atomic E-state index is 0.167. The zero-order valence-electron chi connectivity index (χ0n) is 8.16. The van der Waals surface area contributed by atoms with Crippen molar-refractivity contribution in [2.24, 2.45) is 0 Å². The molecular weight excluding hydrogens is 190 g/mol. The van der Waals surface area contributed by atoms with Gasteiger partial charge in [0.15, 0.2) is 0 Å². The molecule has 0 radical (unpaired) electrons. The van der Waals surface area contributed by atoms with Gasteiger partial charge in [0.25, 0.3) is 0 Å². The van der Waals surface area contributed by atoms with Crippen LogP contribution in [0.4, 0.5) is 0 Å². The van der Waals surface area contributed by atoms with Crippen LogP contribution in [0.2, 0.25) is 0 Å². The molecule has 0 atom stereocenters. The first-order chi connectivity index (χ1) is 7.29. The highest BCUT2D eigenvalue weighted by Gasteiger charge is 1.99. The summed E-state index contributed by atoms with van der Waals surface area (Å²) in [4.78, 5) is 18.1. The van der Waals surface area contributed by atoms with Gasteiger partial charge in [0.05, 0.1) is 17.4 Å². The fourth-order valence-corrected chi connectivity index (χ4v) is 1.35. The van der Waals surface area contributed by atoms with E-state index >= 15 is 0 Å². The Balaban J connectivity index is 2.14. The van der Waals surface area contributed by atoms with Gasteiger partial charge in [-0.15, -0.1) is 0 Å². The van der Waals surface area contributed by atoms with Gasteiger partial charge in [0.1, 0.15) is 0 Å². The van der Waals surface area contributed by atoms with Crippen molar-refractivity contribution < 1.29 is 4.79 Å². The highest BCUT2D eigenvalue weighted by Crippen LogP contribution is 2.11. The average molecular weight is 201 g/mol. The summed E-state index contributed by atoms with van der Waals surface area (Å²) in [5.41, 5.74) is 2.93. The van der Waals surface area contributed by atoms with Gasteiger partial charge in [-0.25, -0.2) is 4.98 Å². The smallest absolute Gasteiger partial charge is 0.243 e. The van der Waals surface area contributed by atoms with Crippen LogP contribution >= 0.6 is 0 Å². The van der Waals surface area contributed by atoms with E-state index in [4.69, 9.17) is 0 Å². The Morgan fingerprint density at radius 1 is 1.60 bits per heavy atom. The van der Waals surface area contributed by atoms with E-state index in [1.165, 1.54) is 6.08 Å². The topological polar surface area (TPSA) is 57.8 Å². The molecule has 0 saturated carbocycles. The number of hydrogen-bond donors (Lipinski definition) is 2. The van der Waals surface area contributed by atoms with Crippen LogP contribution in [0.5, 0.6) is 0 Å². The summed E-state index contributed by atoms with van der Waals surface area (Å²) >= 11 is 0. The Hall–Kier alpha value is -2.10. The Labute approximate surface area is 87.0 Å². The number of fused-ring (bicyclic) bond motifs is 1. The Morgan fingerprint density at radius 3 is 3.27 bits per heavy atom. The SMILES string of the molecule is C=CC(=O)NCc1ccc2nc[nH]c2c1. The number of amides is 1. The molecule has 2 N–H and O–H groups in total. The number of hydrogen-bond acceptors (Lipinski definition) is 2. The molecule has 0 spiro atoms. The van der Waals surface area contributed by atoms with E-state index in [0.29, 0.717) is 6.54 Å². The molecule has 0 aliphatic rings. The van der Waals surface area contributed by atoms with Gasteiger partial charge in [-0.1, -0.05) is 12.6 Å². The molecule has 4 nitrogen and oxygen atoms in total. The first-order valence-electron chi connectivity index (χ1n) is 4.62. The molecule has 1 aromatic heterocycles. The second kappa shape index (κ2) is 3.96. The number of aromatic nitrogens is 2. The van der Waals surface area contributed by atoms with Crippen LogP contribution in [0.25, 0.3) is 11.0 Å². The van der Waals surface area contributed by atoms with Crippen LogP contribution in [-0.4, -0.2) is 15.9 Å². The predicted octanol–water partition coefficient (Wildman–Crippen LogP) is 1.37. The summed E-state index contributed by atoms with van der Waals surface area (Å²) in [6, 6.07) is 5.82. The lowest BCUT2D eigenvalue weighted by molar-refractivity contribution is -0.116. The first kappa shape index (κ1) is 9.45. The molecule has 0 unspecified atom stereocenters. The largest absolute Gasteiger partial charge is 0.348 e. The van der Waals surface area contributed by atoms with E-state index in [0.717, 1.165) is 16.6 Å².